The first-order valence-corrected chi connectivity index (χ1v) is 12.0. The Kier molecular flexibility index (Phi) is 5.97. The van der Waals surface area contributed by atoms with Crippen LogP contribution in [0.25, 0.3) is 0 Å². The number of rotatable bonds is 3. The molecule has 0 aromatic heterocycles. The third-order valence-electron chi connectivity index (χ3n) is 6.20. The van der Waals surface area contributed by atoms with Gasteiger partial charge >= 0.3 is 0 Å². The van der Waals surface area contributed by atoms with Gasteiger partial charge in [0.2, 0.25) is 15.9 Å². The molecule has 8 heteroatoms. The molecule has 1 amide bonds. The molecule has 0 spiro atoms. The van der Waals surface area contributed by atoms with Crippen LogP contribution >= 0.6 is 11.6 Å². The fraction of sp³-hybridized carbons (Fsp3) is 0.650. The van der Waals surface area contributed by atoms with E-state index in [9.17, 15) is 13.2 Å². The second kappa shape index (κ2) is 8.30. The first kappa shape index (κ1) is 20.1. The normalized spacial score (nSPS) is 29.3. The second-order valence-corrected chi connectivity index (χ2v) is 10.3. The van der Waals surface area contributed by atoms with E-state index in [0.717, 1.165) is 32.1 Å². The average Bonchev–Trinajstić information content (AvgIpc) is 2.73. The van der Waals surface area contributed by atoms with Gasteiger partial charge in [0.1, 0.15) is 0 Å². The maximum absolute atomic E-state index is 13.3. The summed E-state index contributed by atoms with van der Waals surface area (Å²) in [7, 11) is -3.62. The van der Waals surface area contributed by atoms with Crippen LogP contribution in [0, 0.1) is 5.92 Å². The summed E-state index contributed by atoms with van der Waals surface area (Å²) >= 11 is 5.89. The van der Waals surface area contributed by atoms with Crippen molar-refractivity contribution in [2.75, 3.05) is 26.2 Å². The molecular formula is C20H27ClN2O4S. The SMILES string of the molecule is O=C(C1CCCN(S(=O)(=O)c2ccc(Cl)cc2)C1)N1CCOC2CCCCC21. The zero-order valence-corrected chi connectivity index (χ0v) is 17.5. The van der Waals surface area contributed by atoms with Crippen molar-refractivity contribution in [2.45, 2.75) is 55.6 Å². The van der Waals surface area contributed by atoms with Gasteiger partial charge in [-0.05, 0) is 49.9 Å². The highest BCUT2D eigenvalue weighted by Crippen LogP contribution is 2.32. The van der Waals surface area contributed by atoms with Crippen LogP contribution in [-0.4, -0.2) is 61.9 Å². The minimum Gasteiger partial charge on any atom is -0.374 e. The summed E-state index contributed by atoms with van der Waals surface area (Å²) in [4.78, 5) is 15.5. The van der Waals surface area contributed by atoms with Gasteiger partial charge in [0.25, 0.3) is 0 Å². The lowest BCUT2D eigenvalue weighted by Gasteiger charge is -2.45. The van der Waals surface area contributed by atoms with Crippen LogP contribution < -0.4 is 0 Å². The summed E-state index contributed by atoms with van der Waals surface area (Å²) in [5, 5.41) is 0.500. The number of carbonyl (C=O) groups excluding carboxylic acids is 1. The molecule has 1 aliphatic carbocycles. The quantitative estimate of drug-likeness (QED) is 0.745. The highest BCUT2D eigenvalue weighted by molar-refractivity contribution is 7.89. The number of hydrogen-bond donors (Lipinski definition) is 0. The molecule has 0 bridgehead atoms. The van der Waals surface area contributed by atoms with E-state index in [4.69, 9.17) is 16.3 Å². The molecule has 1 aromatic rings. The summed E-state index contributed by atoms with van der Waals surface area (Å²) in [6.07, 6.45) is 5.84. The molecule has 4 rings (SSSR count). The molecule has 2 aliphatic heterocycles. The number of nitrogens with zero attached hydrogens (tertiary/aromatic N) is 2. The van der Waals surface area contributed by atoms with Gasteiger partial charge in [-0.2, -0.15) is 4.31 Å². The maximum atomic E-state index is 13.3. The molecule has 2 saturated heterocycles. The van der Waals surface area contributed by atoms with Crippen LogP contribution in [0.15, 0.2) is 29.2 Å². The number of piperidine rings is 1. The molecule has 6 nitrogen and oxygen atoms in total. The van der Waals surface area contributed by atoms with Crippen LogP contribution in [-0.2, 0) is 19.6 Å². The average molecular weight is 427 g/mol. The molecule has 3 atom stereocenters. The van der Waals surface area contributed by atoms with Crippen LogP contribution in [0.4, 0.5) is 0 Å². The summed E-state index contributed by atoms with van der Waals surface area (Å²) in [5.74, 6) is -0.187. The van der Waals surface area contributed by atoms with E-state index in [2.05, 4.69) is 0 Å². The first-order chi connectivity index (χ1) is 13.5. The molecule has 0 N–H and O–H groups in total. The monoisotopic (exact) mass is 426 g/mol. The molecular weight excluding hydrogens is 400 g/mol. The van der Waals surface area contributed by atoms with Crippen molar-refractivity contribution < 1.29 is 17.9 Å². The Bertz CT molecular complexity index is 812. The Morgan fingerprint density at radius 3 is 2.57 bits per heavy atom. The molecule has 3 unspecified atom stereocenters. The zero-order chi connectivity index (χ0) is 19.7. The number of sulfonamides is 1. The summed E-state index contributed by atoms with van der Waals surface area (Å²) in [6, 6.07) is 6.36. The summed E-state index contributed by atoms with van der Waals surface area (Å²) < 4.78 is 33.4. The highest BCUT2D eigenvalue weighted by Gasteiger charge is 2.41. The predicted molar refractivity (Wildman–Crippen MR) is 107 cm³/mol. The molecule has 1 aromatic carbocycles. The van der Waals surface area contributed by atoms with Crippen molar-refractivity contribution in [2.24, 2.45) is 5.92 Å². The van der Waals surface area contributed by atoms with Gasteiger partial charge in [-0.1, -0.05) is 24.4 Å². The Balaban J connectivity index is 1.48. The molecule has 0 radical (unpaired) electrons. The van der Waals surface area contributed by atoms with Crippen molar-refractivity contribution in [1.29, 1.82) is 0 Å². The van der Waals surface area contributed by atoms with Gasteiger partial charge in [-0.15, -0.1) is 0 Å². The minimum absolute atomic E-state index is 0.0937. The van der Waals surface area contributed by atoms with Crippen molar-refractivity contribution in [1.82, 2.24) is 9.21 Å². The van der Waals surface area contributed by atoms with Gasteiger partial charge in [0, 0.05) is 24.7 Å². The Labute approximate surface area is 171 Å². The Morgan fingerprint density at radius 2 is 1.79 bits per heavy atom. The summed E-state index contributed by atoms with van der Waals surface area (Å²) in [6.45, 7) is 1.88. The van der Waals surface area contributed by atoms with Crippen LogP contribution in [0.1, 0.15) is 38.5 Å². The first-order valence-electron chi connectivity index (χ1n) is 10.1. The molecule has 2 heterocycles. The van der Waals surface area contributed by atoms with Crippen molar-refractivity contribution in [3.63, 3.8) is 0 Å². The maximum Gasteiger partial charge on any atom is 0.243 e. The fourth-order valence-corrected chi connectivity index (χ4v) is 6.37. The molecule has 3 fully saturated rings. The molecule has 1 saturated carbocycles. The second-order valence-electron chi connectivity index (χ2n) is 7.95. The highest BCUT2D eigenvalue weighted by atomic mass is 35.5. The third kappa shape index (κ3) is 3.95. The van der Waals surface area contributed by atoms with Gasteiger partial charge in [-0.25, -0.2) is 8.42 Å². The topological polar surface area (TPSA) is 66.9 Å². The number of fused-ring (bicyclic) bond motifs is 1. The Hall–Kier alpha value is -1.15. The number of ether oxygens (including phenoxy) is 1. The lowest BCUT2D eigenvalue weighted by molar-refractivity contribution is -0.154. The Morgan fingerprint density at radius 1 is 1.04 bits per heavy atom. The standard InChI is InChI=1S/C20H27ClN2O4S/c21-16-7-9-17(10-8-16)28(25,26)22-11-3-4-15(14-22)20(24)23-12-13-27-19-6-2-1-5-18(19)23/h7-10,15,18-19H,1-6,11-14H2. The van der Waals surface area contributed by atoms with E-state index in [1.807, 2.05) is 4.90 Å². The smallest absolute Gasteiger partial charge is 0.243 e. The van der Waals surface area contributed by atoms with Crippen molar-refractivity contribution >= 4 is 27.5 Å². The van der Waals surface area contributed by atoms with Gasteiger partial charge < -0.3 is 9.64 Å². The van der Waals surface area contributed by atoms with E-state index < -0.39 is 10.0 Å². The fourth-order valence-electron chi connectivity index (χ4n) is 4.72. The number of amides is 1. The van der Waals surface area contributed by atoms with Crippen molar-refractivity contribution in [3.8, 4) is 0 Å². The van der Waals surface area contributed by atoms with Crippen LogP contribution in [0.3, 0.4) is 0 Å². The van der Waals surface area contributed by atoms with E-state index >= 15 is 0 Å². The number of carbonyl (C=O) groups is 1. The van der Waals surface area contributed by atoms with E-state index in [1.54, 1.807) is 12.1 Å². The van der Waals surface area contributed by atoms with Gasteiger partial charge in [0.05, 0.1) is 29.6 Å². The number of hydrogen-bond acceptors (Lipinski definition) is 4. The van der Waals surface area contributed by atoms with Gasteiger partial charge in [-0.3, -0.25) is 4.79 Å². The van der Waals surface area contributed by atoms with Crippen LogP contribution in [0.5, 0.6) is 0 Å². The summed E-state index contributed by atoms with van der Waals surface area (Å²) in [5.41, 5.74) is 0. The van der Waals surface area contributed by atoms with Gasteiger partial charge in [0.15, 0.2) is 0 Å². The molecule has 154 valence electrons. The van der Waals surface area contributed by atoms with E-state index in [1.165, 1.54) is 16.4 Å². The lowest BCUT2D eigenvalue weighted by Crippen LogP contribution is -2.57. The van der Waals surface area contributed by atoms with Crippen LogP contribution in [0.2, 0.25) is 5.02 Å². The van der Waals surface area contributed by atoms with E-state index in [0.29, 0.717) is 31.1 Å². The molecule has 28 heavy (non-hydrogen) atoms. The predicted octanol–water partition coefficient (Wildman–Crippen LogP) is 2.91. The minimum atomic E-state index is -3.62. The zero-order valence-electron chi connectivity index (χ0n) is 15.9. The molecule has 3 aliphatic rings. The lowest BCUT2D eigenvalue weighted by atomic mass is 9.88. The number of benzene rings is 1. The number of halogens is 1. The van der Waals surface area contributed by atoms with E-state index in [-0.39, 0.29) is 35.4 Å². The third-order valence-corrected chi connectivity index (χ3v) is 8.33. The largest absolute Gasteiger partial charge is 0.374 e. The van der Waals surface area contributed by atoms with Crippen molar-refractivity contribution in [3.05, 3.63) is 29.3 Å². The number of morpholine rings is 1.